The second kappa shape index (κ2) is 6.70. The summed E-state index contributed by atoms with van der Waals surface area (Å²) < 4.78 is 0. The van der Waals surface area contributed by atoms with Crippen LogP contribution in [0.1, 0.15) is 32.1 Å². The predicted octanol–water partition coefficient (Wildman–Crippen LogP) is 0.483. The molecule has 0 spiro atoms. The maximum absolute atomic E-state index is 12.8. The van der Waals surface area contributed by atoms with Crippen LogP contribution in [0.2, 0.25) is 0 Å². The van der Waals surface area contributed by atoms with Crippen LogP contribution in [0.3, 0.4) is 0 Å². The van der Waals surface area contributed by atoms with Crippen molar-refractivity contribution in [3.8, 4) is 0 Å². The van der Waals surface area contributed by atoms with Crippen LogP contribution in [0.25, 0.3) is 0 Å². The fourth-order valence-electron chi connectivity index (χ4n) is 3.62. The molecule has 3 heterocycles. The van der Waals surface area contributed by atoms with E-state index in [2.05, 4.69) is 21.8 Å². The van der Waals surface area contributed by atoms with Crippen molar-refractivity contribution in [3.05, 3.63) is 18.2 Å². The average molecular weight is 319 g/mol. The van der Waals surface area contributed by atoms with Gasteiger partial charge in [-0.1, -0.05) is 6.92 Å². The lowest BCUT2D eigenvalue weighted by Crippen LogP contribution is -2.52. The third kappa shape index (κ3) is 3.10. The number of hydrogen-bond donors (Lipinski definition) is 1. The average Bonchev–Trinajstić information content (AvgIpc) is 3.23. The van der Waals surface area contributed by atoms with Gasteiger partial charge in [0.05, 0.1) is 12.0 Å². The number of hydrogen-bond acceptors (Lipinski definition) is 4. The molecular formula is C16H25N5O2. The van der Waals surface area contributed by atoms with Crippen molar-refractivity contribution in [3.63, 3.8) is 0 Å². The molecule has 0 aromatic carbocycles. The van der Waals surface area contributed by atoms with Crippen molar-refractivity contribution in [1.29, 1.82) is 0 Å². The summed E-state index contributed by atoms with van der Waals surface area (Å²) in [6, 6.07) is 0.104. The molecule has 2 atom stereocenters. The molecule has 1 aromatic rings. The quantitative estimate of drug-likeness (QED) is 0.876. The molecule has 0 bridgehead atoms. The second-order valence-corrected chi connectivity index (χ2v) is 6.24. The molecule has 2 amide bonds. The standard InChI is InChI=1S/C16H25N5O2/c1-3-19-7-8-21(11-13(19)15-17-5-6-18-15)16(23)12-9-14(22)20(4-2)10-12/h5-6,12-13H,3-4,7-11H2,1-2H3,(H,17,18)/t12-,13+/m1/s1. The minimum absolute atomic E-state index is 0.0978. The Labute approximate surface area is 136 Å². The molecule has 126 valence electrons. The number of H-pyrrole nitrogens is 1. The molecule has 7 nitrogen and oxygen atoms in total. The topological polar surface area (TPSA) is 72.5 Å². The van der Waals surface area contributed by atoms with E-state index in [1.54, 1.807) is 11.1 Å². The Morgan fingerprint density at radius 2 is 2.13 bits per heavy atom. The summed E-state index contributed by atoms with van der Waals surface area (Å²) in [7, 11) is 0. The van der Waals surface area contributed by atoms with Crippen LogP contribution in [0.15, 0.2) is 12.4 Å². The molecule has 2 saturated heterocycles. The molecule has 2 aliphatic heterocycles. The zero-order valence-corrected chi connectivity index (χ0v) is 13.9. The highest BCUT2D eigenvalue weighted by molar-refractivity contribution is 5.89. The van der Waals surface area contributed by atoms with Crippen molar-refractivity contribution in [2.75, 3.05) is 39.3 Å². The first-order valence-electron chi connectivity index (χ1n) is 8.43. The number of piperazine rings is 1. The van der Waals surface area contributed by atoms with Crippen molar-refractivity contribution >= 4 is 11.8 Å². The lowest BCUT2D eigenvalue weighted by atomic mass is 10.0. The summed E-state index contributed by atoms with van der Waals surface area (Å²) in [4.78, 5) is 38.3. The van der Waals surface area contributed by atoms with E-state index in [0.29, 0.717) is 26.1 Å². The van der Waals surface area contributed by atoms with Crippen molar-refractivity contribution in [2.24, 2.45) is 5.92 Å². The Morgan fingerprint density at radius 3 is 2.74 bits per heavy atom. The van der Waals surface area contributed by atoms with E-state index >= 15 is 0 Å². The highest BCUT2D eigenvalue weighted by Gasteiger charge is 2.38. The van der Waals surface area contributed by atoms with Gasteiger partial charge in [-0.3, -0.25) is 14.5 Å². The minimum atomic E-state index is -0.187. The van der Waals surface area contributed by atoms with Crippen LogP contribution < -0.4 is 0 Å². The fraction of sp³-hybridized carbons (Fsp3) is 0.688. The van der Waals surface area contributed by atoms with Gasteiger partial charge in [0.25, 0.3) is 0 Å². The monoisotopic (exact) mass is 319 g/mol. The number of amides is 2. The molecule has 1 aromatic heterocycles. The van der Waals surface area contributed by atoms with Crippen LogP contribution in [0.4, 0.5) is 0 Å². The summed E-state index contributed by atoms with van der Waals surface area (Å²) in [6.07, 6.45) is 3.92. The number of likely N-dealkylation sites (N-methyl/N-ethyl adjacent to an activating group) is 1. The van der Waals surface area contributed by atoms with E-state index in [1.807, 2.05) is 18.0 Å². The lowest BCUT2D eigenvalue weighted by Gasteiger charge is -2.40. The molecule has 23 heavy (non-hydrogen) atoms. The number of likely N-dealkylation sites (tertiary alicyclic amines) is 1. The Bertz CT molecular complexity index is 559. The molecule has 0 aliphatic carbocycles. The molecule has 2 aliphatic rings. The predicted molar refractivity (Wildman–Crippen MR) is 85.5 cm³/mol. The minimum Gasteiger partial charge on any atom is -0.347 e. The zero-order valence-electron chi connectivity index (χ0n) is 13.9. The molecule has 1 N–H and O–H groups in total. The lowest BCUT2D eigenvalue weighted by molar-refractivity contribution is -0.138. The Hall–Kier alpha value is -1.89. The number of nitrogens with one attached hydrogen (secondary N) is 1. The van der Waals surface area contributed by atoms with Gasteiger partial charge in [-0.25, -0.2) is 4.98 Å². The summed E-state index contributed by atoms with van der Waals surface area (Å²) in [6.45, 7) is 8.46. The molecule has 0 radical (unpaired) electrons. The molecule has 7 heteroatoms. The molecular weight excluding hydrogens is 294 g/mol. The number of carbonyl (C=O) groups is 2. The van der Waals surface area contributed by atoms with E-state index in [9.17, 15) is 9.59 Å². The van der Waals surface area contributed by atoms with Gasteiger partial charge >= 0.3 is 0 Å². The SMILES string of the molecule is CCN1C[C@H](C(=O)N2CCN(CC)[C@H](c3ncc[nH]3)C2)CC1=O. The fourth-order valence-corrected chi connectivity index (χ4v) is 3.62. The number of nitrogens with zero attached hydrogens (tertiary/aromatic N) is 4. The number of aromatic nitrogens is 2. The number of carbonyl (C=O) groups excluding carboxylic acids is 2. The van der Waals surface area contributed by atoms with Crippen molar-refractivity contribution in [2.45, 2.75) is 26.3 Å². The van der Waals surface area contributed by atoms with Gasteiger partial charge in [0.2, 0.25) is 11.8 Å². The Kier molecular flexibility index (Phi) is 4.66. The van der Waals surface area contributed by atoms with Gasteiger partial charge in [0.15, 0.2) is 0 Å². The van der Waals surface area contributed by atoms with Crippen LogP contribution in [-0.2, 0) is 9.59 Å². The normalized spacial score (nSPS) is 26.1. The summed E-state index contributed by atoms with van der Waals surface area (Å²) in [5.41, 5.74) is 0. The molecule has 0 unspecified atom stereocenters. The first-order valence-corrected chi connectivity index (χ1v) is 8.43. The second-order valence-electron chi connectivity index (χ2n) is 6.24. The Morgan fingerprint density at radius 1 is 1.30 bits per heavy atom. The van der Waals surface area contributed by atoms with E-state index in [-0.39, 0.29) is 23.8 Å². The highest BCUT2D eigenvalue weighted by atomic mass is 16.2. The third-order valence-corrected chi connectivity index (χ3v) is 4.99. The third-order valence-electron chi connectivity index (χ3n) is 4.99. The number of rotatable bonds is 4. The van der Waals surface area contributed by atoms with Gasteiger partial charge < -0.3 is 14.8 Å². The maximum atomic E-state index is 12.8. The van der Waals surface area contributed by atoms with Gasteiger partial charge in [0.1, 0.15) is 5.82 Å². The van der Waals surface area contributed by atoms with Crippen LogP contribution in [0, 0.1) is 5.92 Å². The van der Waals surface area contributed by atoms with Gasteiger partial charge in [-0.05, 0) is 13.5 Å². The van der Waals surface area contributed by atoms with Gasteiger partial charge in [-0.2, -0.15) is 0 Å². The Balaban J connectivity index is 1.69. The maximum Gasteiger partial charge on any atom is 0.228 e. The van der Waals surface area contributed by atoms with Crippen molar-refractivity contribution in [1.82, 2.24) is 24.7 Å². The highest BCUT2D eigenvalue weighted by Crippen LogP contribution is 2.26. The van der Waals surface area contributed by atoms with E-state index in [0.717, 1.165) is 25.5 Å². The van der Waals surface area contributed by atoms with E-state index in [1.165, 1.54) is 0 Å². The zero-order chi connectivity index (χ0) is 16.4. The molecule has 3 rings (SSSR count). The summed E-state index contributed by atoms with van der Waals surface area (Å²) in [5.74, 6) is 0.928. The van der Waals surface area contributed by atoms with Crippen LogP contribution in [-0.4, -0.2) is 75.8 Å². The van der Waals surface area contributed by atoms with E-state index in [4.69, 9.17) is 0 Å². The number of aromatic amines is 1. The smallest absolute Gasteiger partial charge is 0.228 e. The van der Waals surface area contributed by atoms with Gasteiger partial charge in [0, 0.05) is 51.5 Å². The summed E-state index contributed by atoms with van der Waals surface area (Å²) >= 11 is 0. The van der Waals surface area contributed by atoms with Crippen LogP contribution >= 0.6 is 0 Å². The van der Waals surface area contributed by atoms with Crippen molar-refractivity contribution < 1.29 is 9.59 Å². The number of imidazole rings is 1. The van der Waals surface area contributed by atoms with E-state index < -0.39 is 0 Å². The first-order chi connectivity index (χ1) is 11.1. The summed E-state index contributed by atoms with van der Waals surface area (Å²) in [5, 5.41) is 0. The van der Waals surface area contributed by atoms with Crippen LogP contribution in [0.5, 0.6) is 0 Å². The molecule has 2 fully saturated rings. The first kappa shape index (κ1) is 16.0. The molecule has 0 saturated carbocycles. The largest absolute Gasteiger partial charge is 0.347 e. The van der Waals surface area contributed by atoms with Gasteiger partial charge in [-0.15, -0.1) is 0 Å².